The van der Waals surface area contributed by atoms with Crippen LogP contribution in [-0.4, -0.2) is 44.5 Å². The summed E-state index contributed by atoms with van der Waals surface area (Å²) in [5.41, 5.74) is 11.3. The standard InChI is InChI=1S/C23H28N6OS/c1-14-20(18-4-2-3-15-7-10-30-22(15)18)21-19(31-14)13-27-23(29-21)28-17(11-24)12-26-16-5-8-25-9-6-16/h2-4,11-13,16,23,25,28-29H,5-10,24H2,1H3. The zero-order chi connectivity index (χ0) is 21.2. The van der Waals surface area contributed by atoms with Gasteiger partial charge in [0.2, 0.25) is 0 Å². The number of nitrogens with two attached hydrogens (primary N) is 1. The number of rotatable bonds is 5. The van der Waals surface area contributed by atoms with Crippen molar-refractivity contribution < 1.29 is 4.74 Å². The van der Waals surface area contributed by atoms with E-state index < -0.39 is 0 Å². The van der Waals surface area contributed by atoms with Gasteiger partial charge in [0.1, 0.15) is 5.75 Å². The van der Waals surface area contributed by atoms with Crippen LogP contribution in [0.15, 0.2) is 40.1 Å². The minimum absolute atomic E-state index is 0.313. The molecule has 1 saturated heterocycles. The number of hydrogen-bond acceptors (Lipinski definition) is 8. The van der Waals surface area contributed by atoms with E-state index in [0.29, 0.717) is 6.04 Å². The average Bonchev–Trinajstić information content (AvgIpc) is 3.40. The third-order valence-corrected chi connectivity index (χ3v) is 6.97. The van der Waals surface area contributed by atoms with Crippen LogP contribution in [0.2, 0.25) is 0 Å². The Morgan fingerprint density at radius 1 is 1.35 bits per heavy atom. The lowest BCUT2D eigenvalue weighted by atomic mass is 10.00. The van der Waals surface area contributed by atoms with Gasteiger partial charge in [0.15, 0.2) is 6.29 Å². The van der Waals surface area contributed by atoms with E-state index in [2.05, 4.69) is 46.1 Å². The molecule has 5 N–H and O–H groups in total. The Bertz CT molecular complexity index is 1050. The van der Waals surface area contributed by atoms with E-state index in [0.717, 1.165) is 66.5 Å². The fraction of sp³-hybridized carbons (Fsp3) is 0.391. The molecule has 0 bridgehead atoms. The van der Waals surface area contributed by atoms with Crippen molar-refractivity contribution in [3.8, 4) is 16.9 Å². The smallest absolute Gasteiger partial charge is 0.194 e. The second-order valence-electron chi connectivity index (χ2n) is 8.02. The largest absolute Gasteiger partial charge is 0.492 e. The molecule has 2 aromatic rings. The van der Waals surface area contributed by atoms with Crippen molar-refractivity contribution in [3.63, 3.8) is 0 Å². The summed E-state index contributed by atoms with van der Waals surface area (Å²) < 4.78 is 5.98. The first-order valence-corrected chi connectivity index (χ1v) is 11.6. The number of nitrogens with zero attached hydrogens (tertiary/aromatic N) is 2. The van der Waals surface area contributed by atoms with Crippen LogP contribution in [0, 0.1) is 6.92 Å². The fourth-order valence-electron chi connectivity index (χ4n) is 4.35. The van der Waals surface area contributed by atoms with Crippen molar-refractivity contribution in [2.75, 3.05) is 25.0 Å². The number of thiophene rings is 1. The molecule has 8 heteroatoms. The zero-order valence-corrected chi connectivity index (χ0v) is 18.5. The Kier molecular flexibility index (Phi) is 5.65. The number of nitrogens with one attached hydrogen (secondary N) is 3. The average molecular weight is 437 g/mol. The summed E-state index contributed by atoms with van der Waals surface area (Å²) >= 11 is 1.75. The van der Waals surface area contributed by atoms with Crippen LogP contribution in [0.3, 0.4) is 0 Å². The van der Waals surface area contributed by atoms with Gasteiger partial charge in [-0.2, -0.15) is 0 Å². The maximum Gasteiger partial charge on any atom is 0.194 e. The molecule has 0 amide bonds. The maximum absolute atomic E-state index is 5.98. The number of allylic oxidation sites excluding steroid dienone is 1. The maximum atomic E-state index is 5.98. The van der Waals surface area contributed by atoms with E-state index in [1.165, 1.54) is 16.0 Å². The van der Waals surface area contributed by atoms with Crippen LogP contribution in [-0.2, 0) is 6.42 Å². The third kappa shape index (κ3) is 4.05. The minimum Gasteiger partial charge on any atom is -0.492 e. The highest BCUT2D eigenvalue weighted by atomic mass is 32.1. The van der Waals surface area contributed by atoms with Gasteiger partial charge in [-0.3, -0.25) is 4.99 Å². The number of anilines is 1. The molecular weight excluding hydrogens is 408 g/mol. The molecule has 0 saturated carbocycles. The molecule has 0 radical (unpaired) electrons. The van der Waals surface area contributed by atoms with Crippen LogP contribution >= 0.6 is 11.3 Å². The summed E-state index contributed by atoms with van der Waals surface area (Å²) in [7, 11) is 0. The third-order valence-electron chi connectivity index (χ3n) is 5.93. The second-order valence-corrected chi connectivity index (χ2v) is 9.27. The number of ether oxygens (including phenoxy) is 1. The van der Waals surface area contributed by atoms with Crippen LogP contribution < -0.4 is 26.4 Å². The Morgan fingerprint density at radius 3 is 3.06 bits per heavy atom. The first-order chi connectivity index (χ1) is 15.2. The molecule has 0 spiro atoms. The minimum atomic E-state index is -0.313. The number of aryl methyl sites for hydroxylation is 1. The number of para-hydroxylation sites is 1. The number of hydrogen-bond donors (Lipinski definition) is 4. The highest BCUT2D eigenvalue weighted by Gasteiger charge is 2.26. The molecule has 1 aromatic heterocycles. The predicted octanol–water partition coefficient (Wildman–Crippen LogP) is 3.00. The van der Waals surface area contributed by atoms with Crippen molar-refractivity contribution in [3.05, 3.63) is 45.4 Å². The summed E-state index contributed by atoms with van der Waals surface area (Å²) in [5, 5.41) is 10.3. The number of fused-ring (bicyclic) bond motifs is 2. The van der Waals surface area contributed by atoms with Gasteiger partial charge in [-0.1, -0.05) is 18.2 Å². The summed E-state index contributed by atoms with van der Waals surface area (Å²) in [6, 6.07) is 6.76. The van der Waals surface area contributed by atoms with Gasteiger partial charge >= 0.3 is 0 Å². The van der Waals surface area contributed by atoms with E-state index in [1.54, 1.807) is 17.5 Å². The van der Waals surface area contributed by atoms with Gasteiger partial charge < -0.3 is 26.4 Å². The molecule has 3 aliphatic heterocycles. The van der Waals surface area contributed by atoms with Crippen LogP contribution in [0.1, 0.15) is 28.2 Å². The van der Waals surface area contributed by atoms with Gasteiger partial charge in [-0.25, -0.2) is 4.99 Å². The van der Waals surface area contributed by atoms with E-state index in [-0.39, 0.29) is 6.29 Å². The number of aliphatic imine (C=N–C) groups is 2. The molecule has 7 nitrogen and oxygen atoms in total. The topological polar surface area (TPSA) is 96.1 Å². The van der Waals surface area contributed by atoms with E-state index in [9.17, 15) is 0 Å². The molecular formula is C23H28N6OS. The first kappa shape index (κ1) is 20.1. The van der Waals surface area contributed by atoms with Crippen LogP contribution in [0.25, 0.3) is 11.1 Å². The number of piperidine rings is 1. The van der Waals surface area contributed by atoms with Gasteiger partial charge in [0, 0.05) is 41.1 Å². The van der Waals surface area contributed by atoms with Crippen molar-refractivity contribution in [1.29, 1.82) is 0 Å². The highest BCUT2D eigenvalue weighted by molar-refractivity contribution is 7.15. The second kappa shape index (κ2) is 8.72. The quantitative estimate of drug-likeness (QED) is 0.541. The molecule has 1 unspecified atom stereocenters. The van der Waals surface area contributed by atoms with Gasteiger partial charge in [0.25, 0.3) is 0 Å². The lowest BCUT2D eigenvalue weighted by Gasteiger charge is -2.24. The normalized spacial score (nSPS) is 20.9. The molecule has 1 aromatic carbocycles. The van der Waals surface area contributed by atoms with Crippen molar-refractivity contribution in [2.24, 2.45) is 15.7 Å². The number of benzene rings is 1. The Labute approximate surface area is 186 Å². The molecule has 4 heterocycles. The Hall–Kier alpha value is -2.84. The molecule has 1 fully saturated rings. The van der Waals surface area contributed by atoms with Crippen molar-refractivity contribution in [2.45, 2.75) is 38.5 Å². The lowest BCUT2D eigenvalue weighted by molar-refractivity contribution is 0.358. The summed E-state index contributed by atoms with van der Waals surface area (Å²) in [4.78, 5) is 11.7. The van der Waals surface area contributed by atoms with Gasteiger partial charge in [0.05, 0.1) is 28.9 Å². The van der Waals surface area contributed by atoms with E-state index in [4.69, 9.17) is 15.5 Å². The summed E-state index contributed by atoms with van der Waals surface area (Å²) in [6.45, 7) is 4.93. The predicted molar refractivity (Wildman–Crippen MR) is 128 cm³/mol. The van der Waals surface area contributed by atoms with Gasteiger partial charge in [-0.15, -0.1) is 11.3 Å². The monoisotopic (exact) mass is 436 g/mol. The fourth-order valence-corrected chi connectivity index (χ4v) is 5.37. The van der Waals surface area contributed by atoms with E-state index in [1.807, 2.05) is 12.4 Å². The summed E-state index contributed by atoms with van der Waals surface area (Å²) in [5.74, 6) is 1.01. The Morgan fingerprint density at radius 2 is 2.23 bits per heavy atom. The van der Waals surface area contributed by atoms with Crippen molar-refractivity contribution >= 4 is 29.5 Å². The van der Waals surface area contributed by atoms with Crippen LogP contribution in [0.4, 0.5) is 5.69 Å². The Balaban J connectivity index is 1.36. The lowest BCUT2D eigenvalue weighted by Crippen LogP contribution is -2.37. The molecule has 5 rings (SSSR count). The molecule has 1 atom stereocenters. The first-order valence-electron chi connectivity index (χ1n) is 10.8. The molecule has 31 heavy (non-hydrogen) atoms. The summed E-state index contributed by atoms with van der Waals surface area (Å²) in [6.07, 6.45) is 8.08. The molecule has 3 aliphatic rings. The molecule has 162 valence electrons. The van der Waals surface area contributed by atoms with Gasteiger partial charge in [-0.05, 0) is 38.4 Å². The van der Waals surface area contributed by atoms with Crippen LogP contribution in [0.5, 0.6) is 5.75 Å². The zero-order valence-electron chi connectivity index (χ0n) is 17.6. The highest BCUT2D eigenvalue weighted by Crippen LogP contribution is 2.46. The molecule has 0 aliphatic carbocycles. The van der Waals surface area contributed by atoms with Crippen molar-refractivity contribution in [1.82, 2.24) is 10.6 Å². The SMILES string of the molecule is Cc1sc2c(c1-c1cccc3c1OCC3)NC(NC(C=NC1CCNCC1)=CN)N=C2. The van der Waals surface area contributed by atoms with E-state index >= 15 is 0 Å².